The van der Waals surface area contributed by atoms with Crippen LogP contribution in [0, 0.1) is 17.1 Å². The number of aromatic nitrogens is 1. The van der Waals surface area contributed by atoms with E-state index in [9.17, 15) is 4.39 Å². The van der Waals surface area contributed by atoms with Crippen LogP contribution in [0.1, 0.15) is 12.1 Å². The summed E-state index contributed by atoms with van der Waals surface area (Å²) in [4.78, 5) is 3.78. The number of rotatable bonds is 2. The lowest BCUT2D eigenvalue weighted by Gasteiger charge is -1.89. The third-order valence-corrected chi connectivity index (χ3v) is 1.25. The minimum Gasteiger partial charge on any atom is -0.254 e. The Hall–Kier alpha value is -1.69. The van der Waals surface area contributed by atoms with E-state index in [2.05, 4.69) is 4.98 Å². The highest BCUT2D eigenvalue weighted by atomic mass is 19.1. The normalized spacial score (nSPS) is 10.0. The standard InChI is InChI=1S/C9H7FN2/c10-8-4-5-9(12-7-8)3-1-2-6-11/h1,3-5,7H,2H2. The Bertz CT molecular complexity index is 308. The van der Waals surface area contributed by atoms with Crippen LogP contribution in [0.25, 0.3) is 6.08 Å². The summed E-state index contributed by atoms with van der Waals surface area (Å²) < 4.78 is 12.3. The predicted octanol–water partition coefficient (Wildman–Crippen LogP) is 2.15. The van der Waals surface area contributed by atoms with Crippen LogP contribution in [0.3, 0.4) is 0 Å². The lowest BCUT2D eigenvalue weighted by molar-refractivity contribution is 0.621. The molecule has 1 rings (SSSR count). The molecule has 0 aliphatic rings. The van der Waals surface area contributed by atoms with Gasteiger partial charge in [0, 0.05) is 0 Å². The Morgan fingerprint density at radius 3 is 3.00 bits per heavy atom. The smallest absolute Gasteiger partial charge is 0.141 e. The Labute approximate surface area is 70.0 Å². The molecule has 0 aliphatic carbocycles. The highest BCUT2D eigenvalue weighted by Gasteiger charge is 1.88. The van der Waals surface area contributed by atoms with Crippen LogP contribution in [0.4, 0.5) is 4.39 Å². The lowest BCUT2D eigenvalue weighted by atomic mass is 10.3. The zero-order chi connectivity index (χ0) is 8.81. The van der Waals surface area contributed by atoms with Gasteiger partial charge in [-0.2, -0.15) is 5.26 Å². The Kier molecular flexibility index (Phi) is 2.97. The molecule has 1 aromatic rings. The number of hydrogen-bond donors (Lipinski definition) is 0. The lowest BCUT2D eigenvalue weighted by Crippen LogP contribution is -1.80. The zero-order valence-electron chi connectivity index (χ0n) is 6.37. The van der Waals surface area contributed by atoms with Crippen molar-refractivity contribution in [2.24, 2.45) is 0 Å². The molecule has 0 saturated heterocycles. The third-order valence-electron chi connectivity index (χ3n) is 1.25. The second-order valence-corrected chi connectivity index (χ2v) is 2.17. The van der Waals surface area contributed by atoms with Crippen molar-refractivity contribution in [2.45, 2.75) is 6.42 Å². The van der Waals surface area contributed by atoms with E-state index in [1.54, 1.807) is 18.2 Å². The molecule has 0 amide bonds. The van der Waals surface area contributed by atoms with Crippen LogP contribution in [0.15, 0.2) is 24.4 Å². The third kappa shape index (κ3) is 2.51. The van der Waals surface area contributed by atoms with Gasteiger partial charge in [-0.1, -0.05) is 6.08 Å². The van der Waals surface area contributed by atoms with E-state index in [4.69, 9.17) is 5.26 Å². The molecule has 60 valence electrons. The van der Waals surface area contributed by atoms with Crippen molar-refractivity contribution < 1.29 is 4.39 Å². The van der Waals surface area contributed by atoms with Gasteiger partial charge in [-0.25, -0.2) is 4.39 Å². The van der Waals surface area contributed by atoms with Crippen molar-refractivity contribution in [1.29, 1.82) is 5.26 Å². The average molecular weight is 162 g/mol. The second-order valence-electron chi connectivity index (χ2n) is 2.17. The molecule has 0 unspecified atom stereocenters. The molecule has 2 nitrogen and oxygen atoms in total. The van der Waals surface area contributed by atoms with Crippen molar-refractivity contribution in [3.05, 3.63) is 35.9 Å². The summed E-state index contributed by atoms with van der Waals surface area (Å²) in [5.41, 5.74) is 0.659. The number of halogens is 1. The second kappa shape index (κ2) is 4.24. The van der Waals surface area contributed by atoms with E-state index in [0.29, 0.717) is 12.1 Å². The number of hydrogen-bond acceptors (Lipinski definition) is 2. The quantitative estimate of drug-likeness (QED) is 0.668. The first-order chi connectivity index (χ1) is 5.83. The van der Waals surface area contributed by atoms with Gasteiger partial charge < -0.3 is 0 Å². The van der Waals surface area contributed by atoms with E-state index in [1.165, 1.54) is 6.07 Å². The molecule has 0 spiro atoms. The van der Waals surface area contributed by atoms with Crippen molar-refractivity contribution in [2.75, 3.05) is 0 Å². The first-order valence-corrected chi connectivity index (χ1v) is 3.48. The van der Waals surface area contributed by atoms with E-state index >= 15 is 0 Å². The molecule has 12 heavy (non-hydrogen) atoms. The van der Waals surface area contributed by atoms with Gasteiger partial charge in [0.15, 0.2) is 0 Å². The van der Waals surface area contributed by atoms with Gasteiger partial charge in [-0.05, 0) is 18.2 Å². The van der Waals surface area contributed by atoms with Crippen LogP contribution in [-0.2, 0) is 0 Å². The summed E-state index contributed by atoms with van der Waals surface area (Å²) in [5.74, 6) is -0.354. The maximum absolute atomic E-state index is 12.3. The van der Waals surface area contributed by atoms with E-state index in [-0.39, 0.29) is 5.82 Å². The van der Waals surface area contributed by atoms with E-state index < -0.39 is 0 Å². The van der Waals surface area contributed by atoms with Crippen molar-refractivity contribution in [3.63, 3.8) is 0 Å². The van der Waals surface area contributed by atoms with Crippen LogP contribution in [0.5, 0.6) is 0 Å². The Morgan fingerprint density at radius 2 is 2.42 bits per heavy atom. The van der Waals surface area contributed by atoms with Gasteiger partial charge in [-0.3, -0.25) is 4.98 Å². The molecule has 0 N–H and O–H groups in total. The fourth-order valence-corrected chi connectivity index (χ4v) is 0.718. The molecule has 0 fully saturated rings. The van der Waals surface area contributed by atoms with Crippen LogP contribution in [-0.4, -0.2) is 4.98 Å². The van der Waals surface area contributed by atoms with Crippen LogP contribution < -0.4 is 0 Å². The van der Waals surface area contributed by atoms with Crippen molar-refractivity contribution in [1.82, 2.24) is 4.98 Å². The molecule has 1 heterocycles. The topological polar surface area (TPSA) is 36.7 Å². The Morgan fingerprint density at radius 1 is 1.58 bits per heavy atom. The summed E-state index contributed by atoms with van der Waals surface area (Å²) in [5, 5.41) is 8.21. The Balaban J connectivity index is 2.66. The SMILES string of the molecule is N#CCC=Cc1ccc(F)cn1. The van der Waals surface area contributed by atoms with Gasteiger partial charge in [0.05, 0.1) is 24.4 Å². The fourth-order valence-electron chi connectivity index (χ4n) is 0.718. The maximum Gasteiger partial charge on any atom is 0.141 e. The molecule has 0 radical (unpaired) electrons. The summed E-state index contributed by atoms with van der Waals surface area (Å²) >= 11 is 0. The van der Waals surface area contributed by atoms with Crippen molar-refractivity contribution in [3.8, 4) is 6.07 Å². The average Bonchev–Trinajstić information content (AvgIpc) is 2.09. The van der Waals surface area contributed by atoms with E-state index in [0.717, 1.165) is 6.20 Å². The highest BCUT2D eigenvalue weighted by molar-refractivity contribution is 5.44. The molecule has 0 aliphatic heterocycles. The molecule has 0 atom stereocenters. The number of pyridine rings is 1. The maximum atomic E-state index is 12.3. The van der Waals surface area contributed by atoms with Gasteiger partial charge in [-0.15, -0.1) is 0 Å². The van der Waals surface area contributed by atoms with Gasteiger partial charge in [0.2, 0.25) is 0 Å². The molecule has 3 heteroatoms. The van der Waals surface area contributed by atoms with Crippen LogP contribution in [0.2, 0.25) is 0 Å². The van der Waals surface area contributed by atoms with Gasteiger partial charge >= 0.3 is 0 Å². The number of nitrogens with zero attached hydrogens (tertiary/aromatic N) is 2. The number of nitriles is 1. The first kappa shape index (κ1) is 8.41. The van der Waals surface area contributed by atoms with E-state index in [1.807, 2.05) is 6.07 Å². The monoisotopic (exact) mass is 162 g/mol. The highest BCUT2D eigenvalue weighted by Crippen LogP contribution is 2.00. The molecule has 0 saturated carbocycles. The largest absolute Gasteiger partial charge is 0.254 e. The summed E-state index contributed by atoms with van der Waals surface area (Å²) in [6.07, 6.45) is 4.86. The predicted molar refractivity (Wildman–Crippen MR) is 43.5 cm³/mol. The molecular weight excluding hydrogens is 155 g/mol. The molecule has 1 aromatic heterocycles. The van der Waals surface area contributed by atoms with Gasteiger partial charge in [0.1, 0.15) is 5.82 Å². The van der Waals surface area contributed by atoms with Crippen molar-refractivity contribution >= 4 is 6.08 Å². The summed E-state index contributed by atoms with van der Waals surface area (Å²) in [6, 6.07) is 4.85. The summed E-state index contributed by atoms with van der Waals surface area (Å²) in [6.45, 7) is 0. The molecule has 0 bridgehead atoms. The molecule has 0 aromatic carbocycles. The zero-order valence-corrected chi connectivity index (χ0v) is 6.37. The molecular formula is C9H7FN2. The van der Waals surface area contributed by atoms with Gasteiger partial charge in [0.25, 0.3) is 0 Å². The number of allylic oxidation sites excluding steroid dienone is 1. The first-order valence-electron chi connectivity index (χ1n) is 3.48. The minimum absolute atomic E-state index is 0.346. The summed E-state index contributed by atoms with van der Waals surface area (Å²) in [7, 11) is 0. The minimum atomic E-state index is -0.354. The van der Waals surface area contributed by atoms with Crippen LogP contribution >= 0.6 is 0 Å². The fraction of sp³-hybridized carbons (Fsp3) is 0.111.